The Kier molecular flexibility index (Phi) is 3.45. The monoisotopic (exact) mass is 311 g/mol. The molecule has 1 N–H and O–H groups in total. The zero-order valence-electron chi connectivity index (χ0n) is 13.5. The Labute approximate surface area is 135 Å². The standard InChI is InChI=1S/C18H21N3O2/c1-11-12(2)21(10-19-11)14-5-3-13(4-6-14)20-18(22)17-15-7-8-23-9-16(15)17/h3-6,10,15-17H,7-9H2,1-2H3,(H,20,22). The molecule has 3 unspecified atom stereocenters. The molecule has 1 aliphatic carbocycles. The fourth-order valence-corrected chi connectivity index (χ4v) is 3.58. The smallest absolute Gasteiger partial charge is 0.228 e. The Bertz CT molecular complexity index is 723. The SMILES string of the molecule is Cc1ncn(-c2ccc(NC(=O)C3C4CCOCC43)cc2)c1C. The summed E-state index contributed by atoms with van der Waals surface area (Å²) in [5.74, 6) is 1.22. The molecular formula is C18H21N3O2. The lowest BCUT2D eigenvalue weighted by Crippen LogP contribution is -2.15. The molecule has 0 spiro atoms. The van der Waals surface area contributed by atoms with E-state index < -0.39 is 0 Å². The predicted molar refractivity (Wildman–Crippen MR) is 87.6 cm³/mol. The molecule has 1 saturated carbocycles. The first-order valence-corrected chi connectivity index (χ1v) is 8.15. The van der Waals surface area contributed by atoms with E-state index in [4.69, 9.17) is 4.74 Å². The molecule has 0 bridgehead atoms. The first-order chi connectivity index (χ1) is 11.1. The van der Waals surface area contributed by atoms with Crippen LogP contribution >= 0.6 is 0 Å². The second-order valence-corrected chi connectivity index (χ2v) is 6.54. The maximum atomic E-state index is 12.4. The molecular weight excluding hydrogens is 290 g/mol. The molecule has 2 aromatic rings. The van der Waals surface area contributed by atoms with Gasteiger partial charge in [0.25, 0.3) is 0 Å². The molecule has 0 radical (unpaired) electrons. The number of nitrogens with one attached hydrogen (secondary N) is 1. The van der Waals surface area contributed by atoms with E-state index in [1.54, 1.807) is 0 Å². The minimum Gasteiger partial charge on any atom is -0.381 e. The van der Waals surface area contributed by atoms with E-state index in [-0.39, 0.29) is 11.8 Å². The molecule has 23 heavy (non-hydrogen) atoms. The number of nitrogens with zero attached hydrogens (tertiary/aromatic N) is 2. The van der Waals surface area contributed by atoms with Crippen LogP contribution in [0.2, 0.25) is 0 Å². The van der Waals surface area contributed by atoms with Gasteiger partial charge in [-0.3, -0.25) is 4.79 Å². The summed E-state index contributed by atoms with van der Waals surface area (Å²) in [5.41, 5.74) is 4.05. The summed E-state index contributed by atoms with van der Waals surface area (Å²) < 4.78 is 7.49. The van der Waals surface area contributed by atoms with Gasteiger partial charge >= 0.3 is 0 Å². The zero-order chi connectivity index (χ0) is 16.0. The van der Waals surface area contributed by atoms with E-state index >= 15 is 0 Å². The molecule has 1 aliphatic heterocycles. The van der Waals surface area contributed by atoms with E-state index in [0.717, 1.165) is 42.4 Å². The Hall–Kier alpha value is -2.14. The number of hydrogen-bond acceptors (Lipinski definition) is 3. The predicted octanol–water partition coefficient (Wildman–Crippen LogP) is 2.71. The molecule has 120 valence electrons. The van der Waals surface area contributed by atoms with Crippen molar-refractivity contribution >= 4 is 11.6 Å². The number of aryl methyl sites for hydroxylation is 1. The van der Waals surface area contributed by atoms with E-state index in [1.807, 2.05) is 42.1 Å². The van der Waals surface area contributed by atoms with Crippen LogP contribution in [0.3, 0.4) is 0 Å². The molecule has 4 rings (SSSR count). The number of fused-ring (bicyclic) bond motifs is 1. The highest BCUT2D eigenvalue weighted by Gasteiger charge is 2.55. The molecule has 5 heteroatoms. The summed E-state index contributed by atoms with van der Waals surface area (Å²) in [6.07, 6.45) is 2.84. The van der Waals surface area contributed by atoms with Crippen molar-refractivity contribution in [1.29, 1.82) is 0 Å². The van der Waals surface area contributed by atoms with Crippen LogP contribution in [0.25, 0.3) is 5.69 Å². The maximum absolute atomic E-state index is 12.4. The van der Waals surface area contributed by atoms with Gasteiger partial charge in [0.1, 0.15) is 0 Å². The van der Waals surface area contributed by atoms with Gasteiger partial charge in [-0.1, -0.05) is 0 Å². The van der Waals surface area contributed by atoms with E-state index in [9.17, 15) is 4.79 Å². The summed E-state index contributed by atoms with van der Waals surface area (Å²) >= 11 is 0. The van der Waals surface area contributed by atoms with Crippen LogP contribution < -0.4 is 5.32 Å². The van der Waals surface area contributed by atoms with Gasteiger partial charge in [0.05, 0.1) is 18.6 Å². The van der Waals surface area contributed by atoms with Gasteiger partial charge < -0.3 is 14.6 Å². The normalized spacial score (nSPS) is 25.7. The average Bonchev–Trinajstić information content (AvgIpc) is 3.21. The number of aromatic nitrogens is 2. The largest absolute Gasteiger partial charge is 0.381 e. The Morgan fingerprint density at radius 2 is 2.04 bits per heavy atom. The lowest BCUT2D eigenvalue weighted by molar-refractivity contribution is -0.117. The number of imidazole rings is 1. The number of ether oxygens (including phenoxy) is 1. The number of benzene rings is 1. The van der Waals surface area contributed by atoms with Gasteiger partial charge in [0, 0.05) is 29.6 Å². The summed E-state index contributed by atoms with van der Waals surface area (Å²) in [7, 11) is 0. The summed E-state index contributed by atoms with van der Waals surface area (Å²) in [5, 5.41) is 3.04. The van der Waals surface area contributed by atoms with E-state index in [1.165, 1.54) is 0 Å². The highest BCUT2D eigenvalue weighted by molar-refractivity contribution is 5.95. The highest BCUT2D eigenvalue weighted by atomic mass is 16.5. The van der Waals surface area contributed by atoms with Gasteiger partial charge in [0.2, 0.25) is 5.91 Å². The van der Waals surface area contributed by atoms with Gasteiger partial charge in [-0.2, -0.15) is 0 Å². The van der Waals surface area contributed by atoms with Crippen LogP contribution in [0.15, 0.2) is 30.6 Å². The minimum absolute atomic E-state index is 0.132. The van der Waals surface area contributed by atoms with Crippen LogP contribution in [-0.4, -0.2) is 28.7 Å². The van der Waals surface area contributed by atoms with Crippen molar-refractivity contribution in [3.8, 4) is 5.69 Å². The van der Waals surface area contributed by atoms with Gasteiger partial charge in [-0.25, -0.2) is 4.98 Å². The van der Waals surface area contributed by atoms with E-state index in [0.29, 0.717) is 11.8 Å². The van der Waals surface area contributed by atoms with Crippen LogP contribution in [0, 0.1) is 31.6 Å². The molecule has 1 aromatic carbocycles. The average molecular weight is 311 g/mol. The molecule has 3 atom stereocenters. The first-order valence-electron chi connectivity index (χ1n) is 8.15. The van der Waals surface area contributed by atoms with Crippen LogP contribution in [0.5, 0.6) is 0 Å². The second kappa shape index (κ2) is 5.49. The van der Waals surface area contributed by atoms with Crippen molar-refractivity contribution in [2.45, 2.75) is 20.3 Å². The van der Waals surface area contributed by atoms with E-state index in [2.05, 4.69) is 17.2 Å². The maximum Gasteiger partial charge on any atom is 0.228 e. The number of rotatable bonds is 3. The molecule has 1 aromatic heterocycles. The topological polar surface area (TPSA) is 56.2 Å². The van der Waals surface area contributed by atoms with Gasteiger partial charge in [-0.15, -0.1) is 0 Å². The van der Waals surface area contributed by atoms with Gasteiger partial charge in [0.15, 0.2) is 0 Å². The minimum atomic E-state index is 0.132. The fraction of sp³-hybridized carbons (Fsp3) is 0.444. The molecule has 1 saturated heterocycles. The van der Waals surface area contributed by atoms with Crippen molar-refractivity contribution in [2.24, 2.45) is 17.8 Å². The highest BCUT2D eigenvalue weighted by Crippen LogP contribution is 2.51. The van der Waals surface area contributed by atoms with Crippen molar-refractivity contribution in [3.63, 3.8) is 0 Å². The fourth-order valence-electron chi connectivity index (χ4n) is 3.58. The third-order valence-electron chi connectivity index (χ3n) is 5.21. The molecule has 1 amide bonds. The molecule has 2 aliphatic rings. The third kappa shape index (κ3) is 2.55. The lowest BCUT2D eigenvalue weighted by Gasteiger charge is -2.08. The van der Waals surface area contributed by atoms with Gasteiger partial charge in [-0.05, 0) is 56.4 Å². The molecule has 2 fully saturated rings. The van der Waals surface area contributed by atoms with Crippen molar-refractivity contribution in [1.82, 2.24) is 9.55 Å². The summed E-state index contributed by atoms with van der Waals surface area (Å²) in [4.78, 5) is 16.7. The molecule has 5 nitrogen and oxygen atoms in total. The summed E-state index contributed by atoms with van der Waals surface area (Å²) in [6.45, 7) is 5.58. The van der Waals surface area contributed by atoms with Crippen molar-refractivity contribution in [3.05, 3.63) is 42.0 Å². The summed E-state index contributed by atoms with van der Waals surface area (Å²) in [6, 6.07) is 7.91. The number of carbonyl (C=O) groups excluding carboxylic acids is 1. The number of carbonyl (C=O) groups is 1. The Balaban J connectivity index is 1.44. The third-order valence-corrected chi connectivity index (χ3v) is 5.21. The Morgan fingerprint density at radius 1 is 1.26 bits per heavy atom. The van der Waals surface area contributed by atoms with Crippen molar-refractivity contribution < 1.29 is 9.53 Å². The van der Waals surface area contributed by atoms with Crippen LogP contribution in [0.4, 0.5) is 5.69 Å². The Morgan fingerprint density at radius 3 is 2.65 bits per heavy atom. The van der Waals surface area contributed by atoms with Crippen molar-refractivity contribution in [2.75, 3.05) is 18.5 Å². The van der Waals surface area contributed by atoms with Crippen LogP contribution in [-0.2, 0) is 9.53 Å². The van der Waals surface area contributed by atoms with Crippen LogP contribution in [0.1, 0.15) is 17.8 Å². The second-order valence-electron chi connectivity index (χ2n) is 6.54. The number of anilines is 1. The number of hydrogen-bond donors (Lipinski definition) is 1. The number of amides is 1. The first kappa shape index (κ1) is 14.5. The molecule has 2 heterocycles. The lowest BCUT2D eigenvalue weighted by atomic mass is 10.2. The zero-order valence-corrected chi connectivity index (χ0v) is 13.5. The quantitative estimate of drug-likeness (QED) is 0.948.